The fourth-order valence-corrected chi connectivity index (χ4v) is 7.96. The highest BCUT2D eigenvalue weighted by Gasteiger charge is 2.34. The second-order valence-corrected chi connectivity index (χ2v) is 11.6. The number of fused-ring (bicyclic) bond motifs is 6. The maximum atomic E-state index is 13.8. The van der Waals surface area contributed by atoms with Gasteiger partial charge < -0.3 is 0 Å². The Morgan fingerprint density at radius 2 is 0.842 bits per heavy atom. The molecule has 0 aliphatic carbocycles. The molecule has 0 unspecified atom stereocenters. The number of carbonyl (C=O) groups excluding carboxylic acids is 1. The molecule has 7 aromatic carbocycles. The number of hydrogen-bond donors (Lipinski definition) is 0. The number of rotatable bonds is 5. The Hall–Kier alpha value is -4.40. The summed E-state index contributed by atoms with van der Waals surface area (Å²) in [5.74, 6) is 0.595. The van der Waals surface area contributed by atoms with E-state index in [4.69, 9.17) is 0 Å². The summed E-state index contributed by atoms with van der Waals surface area (Å²) in [6.45, 7) is 0. The van der Waals surface area contributed by atoms with Gasteiger partial charge in [0.2, 0.25) is 5.78 Å². The highest BCUT2D eigenvalue weighted by Crippen LogP contribution is 2.40. The molecule has 0 aliphatic rings. The maximum Gasteiger partial charge on any atom is 0.212 e. The molecule has 2 heteroatoms. The topological polar surface area (TPSA) is 17.1 Å². The van der Waals surface area contributed by atoms with Gasteiger partial charge in [-0.2, -0.15) is 0 Å². The molecule has 0 spiro atoms. The second-order valence-electron chi connectivity index (χ2n) is 9.61. The average molecular weight is 506 g/mol. The Bertz CT molecular complexity index is 1850. The summed E-state index contributed by atoms with van der Waals surface area (Å²) in [6.07, 6.45) is 0. The lowest BCUT2D eigenvalue weighted by Crippen LogP contribution is -2.18. The fourth-order valence-electron chi connectivity index (χ4n) is 5.56. The zero-order chi connectivity index (χ0) is 25.5. The highest BCUT2D eigenvalue weighted by atomic mass is 32.2. The lowest BCUT2D eigenvalue weighted by atomic mass is 10.0. The fraction of sp³-hybridized carbons (Fsp3) is 0.0278. The van der Waals surface area contributed by atoms with Crippen LogP contribution in [0.25, 0.3) is 43.1 Å². The maximum absolute atomic E-state index is 13.8. The molecule has 0 heterocycles. The van der Waals surface area contributed by atoms with Crippen LogP contribution in [0.2, 0.25) is 0 Å². The zero-order valence-electron chi connectivity index (χ0n) is 20.8. The van der Waals surface area contributed by atoms with Crippen LogP contribution in [0.1, 0.15) is 10.4 Å². The number of benzene rings is 7. The molecule has 0 saturated heterocycles. The van der Waals surface area contributed by atoms with Crippen LogP contribution in [0.5, 0.6) is 0 Å². The second kappa shape index (κ2) is 9.48. The molecule has 0 fully saturated rings. The molecule has 0 saturated carbocycles. The molecule has 0 bridgehead atoms. The summed E-state index contributed by atoms with van der Waals surface area (Å²) in [4.78, 5) is 16.3. The van der Waals surface area contributed by atoms with E-state index in [0.29, 0.717) is 5.75 Å². The molecule has 0 N–H and O–H groups in total. The molecule has 7 aromatic rings. The Morgan fingerprint density at radius 3 is 1.34 bits per heavy atom. The summed E-state index contributed by atoms with van der Waals surface area (Å²) in [7, 11) is -0.493. The van der Waals surface area contributed by atoms with E-state index >= 15 is 0 Å². The van der Waals surface area contributed by atoms with Gasteiger partial charge in [0.05, 0.1) is 10.9 Å². The van der Waals surface area contributed by atoms with Gasteiger partial charge in [-0.15, -0.1) is 0 Å². The van der Waals surface area contributed by atoms with Crippen molar-refractivity contribution in [3.8, 4) is 0 Å². The molecular weight excluding hydrogens is 480 g/mol. The standard InChI is InChI=1S/C36H25OS/c37-34(25-12-2-1-3-13-25)24-38(35-22-26-14-4-6-16-28(26)30-18-8-10-20-32(30)35)36-23-27-15-5-7-17-29(27)31-19-9-11-21-33(31)36/h1-23H,24H2/q+1. The van der Waals surface area contributed by atoms with E-state index in [1.165, 1.54) is 52.9 Å². The van der Waals surface area contributed by atoms with Gasteiger partial charge in [-0.25, -0.2) is 0 Å². The third-order valence-electron chi connectivity index (χ3n) is 7.36. The van der Waals surface area contributed by atoms with Crippen molar-refractivity contribution in [3.05, 3.63) is 145 Å². The van der Waals surface area contributed by atoms with Gasteiger partial charge in [0.15, 0.2) is 15.5 Å². The number of Topliss-reactive ketones (excluding diaryl/α,β-unsaturated/α-hetero) is 1. The van der Waals surface area contributed by atoms with Crippen molar-refractivity contribution in [2.75, 3.05) is 5.75 Å². The van der Waals surface area contributed by atoms with Gasteiger partial charge >= 0.3 is 0 Å². The molecule has 0 atom stereocenters. The summed E-state index contributed by atoms with van der Waals surface area (Å²) < 4.78 is 0. The number of ketones is 1. The molecule has 0 radical (unpaired) electrons. The summed E-state index contributed by atoms with van der Waals surface area (Å²) in [5, 5.41) is 9.79. The lowest BCUT2D eigenvalue weighted by Gasteiger charge is -2.15. The largest absolute Gasteiger partial charge is 0.289 e. The predicted molar refractivity (Wildman–Crippen MR) is 162 cm³/mol. The van der Waals surface area contributed by atoms with Crippen LogP contribution in [0, 0.1) is 0 Å². The quantitative estimate of drug-likeness (QED) is 0.129. The summed E-state index contributed by atoms with van der Waals surface area (Å²) >= 11 is 0. The zero-order valence-corrected chi connectivity index (χ0v) is 21.6. The monoisotopic (exact) mass is 505 g/mol. The molecule has 1 nitrogen and oxygen atoms in total. The summed E-state index contributed by atoms with van der Waals surface area (Å²) in [5.41, 5.74) is 0.764. The molecule has 0 aliphatic heterocycles. The minimum absolute atomic E-state index is 0.170. The first-order valence-electron chi connectivity index (χ1n) is 12.9. The Labute approximate surface area is 224 Å². The van der Waals surface area contributed by atoms with Crippen LogP contribution >= 0.6 is 0 Å². The Balaban J connectivity index is 1.55. The third-order valence-corrected chi connectivity index (χ3v) is 9.65. The first-order valence-corrected chi connectivity index (χ1v) is 14.3. The van der Waals surface area contributed by atoms with E-state index in [1.54, 1.807) is 0 Å². The summed E-state index contributed by atoms with van der Waals surface area (Å²) in [6, 6.07) is 48.8. The molecule has 0 amide bonds. The highest BCUT2D eigenvalue weighted by molar-refractivity contribution is 7.98. The van der Waals surface area contributed by atoms with E-state index in [2.05, 4.69) is 109 Å². The van der Waals surface area contributed by atoms with Crippen molar-refractivity contribution in [2.24, 2.45) is 0 Å². The lowest BCUT2D eigenvalue weighted by molar-refractivity contribution is 0.102. The van der Waals surface area contributed by atoms with E-state index in [1.807, 2.05) is 30.3 Å². The van der Waals surface area contributed by atoms with Gasteiger partial charge in [-0.05, 0) is 44.5 Å². The first kappa shape index (κ1) is 22.8. The van der Waals surface area contributed by atoms with Crippen LogP contribution in [-0.4, -0.2) is 11.5 Å². The van der Waals surface area contributed by atoms with Crippen molar-refractivity contribution in [2.45, 2.75) is 9.79 Å². The van der Waals surface area contributed by atoms with Gasteiger partial charge in [0, 0.05) is 28.5 Å². The molecule has 0 aromatic heterocycles. The van der Waals surface area contributed by atoms with Gasteiger partial charge in [0.1, 0.15) is 0 Å². The average Bonchev–Trinajstić information content (AvgIpc) is 2.99. The Morgan fingerprint density at radius 1 is 0.447 bits per heavy atom. The molecule has 38 heavy (non-hydrogen) atoms. The molecule has 180 valence electrons. The SMILES string of the molecule is O=C(C[S+](c1cc2ccccc2c2ccccc12)c1cc2ccccc2c2ccccc12)c1ccccc1. The first-order chi connectivity index (χ1) is 18.8. The van der Waals surface area contributed by atoms with Crippen LogP contribution in [-0.2, 0) is 10.9 Å². The van der Waals surface area contributed by atoms with Crippen molar-refractivity contribution < 1.29 is 4.79 Å². The van der Waals surface area contributed by atoms with E-state index in [-0.39, 0.29) is 5.78 Å². The number of hydrogen-bond acceptors (Lipinski definition) is 1. The van der Waals surface area contributed by atoms with Crippen molar-refractivity contribution in [1.82, 2.24) is 0 Å². The van der Waals surface area contributed by atoms with Crippen molar-refractivity contribution in [3.63, 3.8) is 0 Å². The molecule has 7 rings (SSSR count). The third kappa shape index (κ3) is 3.86. The predicted octanol–water partition coefficient (Wildman–Crippen LogP) is 9.22. The van der Waals surface area contributed by atoms with Crippen molar-refractivity contribution >= 4 is 59.8 Å². The molecular formula is C36H25OS+. The van der Waals surface area contributed by atoms with Gasteiger partial charge in [-0.1, -0.05) is 115 Å². The van der Waals surface area contributed by atoms with E-state index in [9.17, 15) is 4.79 Å². The smallest absolute Gasteiger partial charge is 0.212 e. The van der Waals surface area contributed by atoms with Gasteiger partial charge in [-0.3, -0.25) is 4.79 Å². The van der Waals surface area contributed by atoms with Crippen LogP contribution < -0.4 is 0 Å². The minimum atomic E-state index is -0.493. The van der Waals surface area contributed by atoms with Crippen LogP contribution in [0.15, 0.2) is 149 Å². The van der Waals surface area contributed by atoms with Crippen LogP contribution in [0.4, 0.5) is 0 Å². The van der Waals surface area contributed by atoms with Crippen LogP contribution in [0.3, 0.4) is 0 Å². The van der Waals surface area contributed by atoms with E-state index in [0.717, 1.165) is 5.56 Å². The minimum Gasteiger partial charge on any atom is -0.289 e. The Kier molecular flexibility index (Phi) is 5.68. The van der Waals surface area contributed by atoms with Gasteiger partial charge in [0.25, 0.3) is 0 Å². The van der Waals surface area contributed by atoms with Crippen molar-refractivity contribution in [1.29, 1.82) is 0 Å². The van der Waals surface area contributed by atoms with E-state index < -0.39 is 10.9 Å². The number of carbonyl (C=O) groups is 1. The normalized spacial score (nSPS) is 11.6.